The minimum atomic E-state index is 0.0160. The topological polar surface area (TPSA) is 56.7 Å². The lowest BCUT2D eigenvalue weighted by atomic mass is 10.2. The van der Waals surface area contributed by atoms with E-state index in [1.54, 1.807) is 19.0 Å². The first-order chi connectivity index (χ1) is 10.4. The van der Waals surface area contributed by atoms with Gasteiger partial charge in [0.1, 0.15) is 0 Å². The first-order valence-electron chi connectivity index (χ1n) is 7.41. The first kappa shape index (κ1) is 18.5. The Hall–Kier alpha value is -1.56. The molecule has 0 aliphatic heterocycles. The molecule has 0 aliphatic carbocycles. The van der Waals surface area contributed by atoms with Crippen LogP contribution in [0.5, 0.6) is 0 Å². The summed E-state index contributed by atoms with van der Waals surface area (Å²) in [5.41, 5.74) is 1.12. The SMILES string of the molecule is CCC(C)NC(=NCc1ccc(Br)cc1)NCC(=O)N(C)C. The molecule has 1 atom stereocenters. The van der Waals surface area contributed by atoms with Crippen molar-refractivity contribution in [1.29, 1.82) is 0 Å². The predicted molar refractivity (Wildman–Crippen MR) is 94.9 cm³/mol. The third-order valence-corrected chi connectivity index (χ3v) is 3.76. The lowest BCUT2D eigenvalue weighted by Crippen LogP contribution is -2.45. The molecule has 0 fully saturated rings. The number of rotatable bonds is 6. The van der Waals surface area contributed by atoms with Gasteiger partial charge in [-0.2, -0.15) is 0 Å². The van der Waals surface area contributed by atoms with Gasteiger partial charge in [-0.15, -0.1) is 0 Å². The van der Waals surface area contributed by atoms with Crippen molar-refractivity contribution in [3.05, 3.63) is 34.3 Å². The van der Waals surface area contributed by atoms with Crippen molar-refractivity contribution in [1.82, 2.24) is 15.5 Å². The summed E-state index contributed by atoms with van der Waals surface area (Å²) < 4.78 is 1.05. The number of hydrogen-bond acceptors (Lipinski definition) is 2. The average molecular weight is 369 g/mol. The lowest BCUT2D eigenvalue weighted by molar-refractivity contribution is -0.127. The van der Waals surface area contributed by atoms with Crippen LogP contribution in [0.15, 0.2) is 33.7 Å². The monoisotopic (exact) mass is 368 g/mol. The molecule has 1 unspecified atom stereocenters. The van der Waals surface area contributed by atoms with Crippen LogP contribution in [0.3, 0.4) is 0 Å². The molecule has 0 saturated carbocycles. The highest BCUT2D eigenvalue weighted by atomic mass is 79.9. The van der Waals surface area contributed by atoms with E-state index in [2.05, 4.69) is 45.4 Å². The molecule has 1 aromatic rings. The van der Waals surface area contributed by atoms with E-state index in [1.165, 1.54) is 0 Å². The number of aliphatic imine (C=N–C) groups is 1. The number of amides is 1. The Kier molecular flexibility index (Phi) is 7.95. The van der Waals surface area contributed by atoms with Gasteiger partial charge >= 0.3 is 0 Å². The highest BCUT2D eigenvalue weighted by Crippen LogP contribution is 2.11. The zero-order valence-electron chi connectivity index (χ0n) is 13.7. The van der Waals surface area contributed by atoms with Crippen molar-refractivity contribution in [2.75, 3.05) is 20.6 Å². The van der Waals surface area contributed by atoms with Crippen LogP contribution in [0, 0.1) is 0 Å². The molecule has 6 heteroatoms. The average Bonchev–Trinajstić information content (AvgIpc) is 2.50. The molecule has 0 heterocycles. The summed E-state index contributed by atoms with van der Waals surface area (Å²) in [5.74, 6) is 0.676. The number of benzene rings is 1. The van der Waals surface area contributed by atoms with Gasteiger partial charge in [0.05, 0.1) is 13.1 Å². The molecule has 0 radical (unpaired) electrons. The second kappa shape index (κ2) is 9.46. The van der Waals surface area contributed by atoms with E-state index >= 15 is 0 Å². The van der Waals surface area contributed by atoms with Gasteiger partial charge in [-0.25, -0.2) is 4.99 Å². The zero-order chi connectivity index (χ0) is 16.5. The van der Waals surface area contributed by atoms with E-state index in [-0.39, 0.29) is 12.5 Å². The van der Waals surface area contributed by atoms with E-state index in [4.69, 9.17) is 0 Å². The van der Waals surface area contributed by atoms with E-state index < -0.39 is 0 Å². The van der Waals surface area contributed by atoms with Crippen LogP contribution in [-0.2, 0) is 11.3 Å². The number of carbonyl (C=O) groups excluding carboxylic acids is 1. The summed E-state index contributed by atoms with van der Waals surface area (Å²) in [7, 11) is 3.48. The van der Waals surface area contributed by atoms with Crippen molar-refractivity contribution in [2.45, 2.75) is 32.9 Å². The molecule has 1 amide bonds. The maximum Gasteiger partial charge on any atom is 0.241 e. The van der Waals surface area contributed by atoms with E-state index in [0.29, 0.717) is 18.5 Å². The minimum Gasteiger partial charge on any atom is -0.354 e. The highest BCUT2D eigenvalue weighted by Gasteiger charge is 2.07. The van der Waals surface area contributed by atoms with E-state index in [0.717, 1.165) is 16.5 Å². The fourth-order valence-electron chi connectivity index (χ4n) is 1.57. The summed E-state index contributed by atoms with van der Waals surface area (Å²) in [6.45, 7) is 4.99. The molecule has 1 rings (SSSR count). The van der Waals surface area contributed by atoms with Crippen LogP contribution in [0.1, 0.15) is 25.8 Å². The smallest absolute Gasteiger partial charge is 0.241 e. The van der Waals surface area contributed by atoms with Crippen molar-refractivity contribution in [3.8, 4) is 0 Å². The van der Waals surface area contributed by atoms with E-state index in [9.17, 15) is 4.79 Å². The number of guanidine groups is 1. The Balaban J connectivity index is 2.68. The fourth-order valence-corrected chi connectivity index (χ4v) is 1.83. The van der Waals surface area contributed by atoms with Gasteiger partial charge in [-0.3, -0.25) is 4.79 Å². The van der Waals surface area contributed by atoms with Crippen LogP contribution in [0.4, 0.5) is 0 Å². The highest BCUT2D eigenvalue weighted by molar-refractivity contribution is 9.10. The van der Waals surface area contributed by atoms with Gasteiger partial charge in [0.2, 0.25) is 5.91 Å². The van der Waals surface area contributed by atoms with Crippen molar-refractivity contribution >= 4 is 27.8 Å². The number of halogens is 1. The van der Waals surface area contributed by atoms with Crippen molar-refractivity contribution in [2.24, 2.45) is 4.99 Å². The third-order valence-electron chi connectivity index (χ3n) is 3.23. The molecular weight excluding hydrogens is 344 g/mol. The predicted octanol–water partition coefficient (Wildman–Crippen LogP) is 2.37. The summed E-state index contributed by atoms with van der Waals surface area (Å²) in [5, 5.41) is 6.39. The maximum atomic E-state index is 11.7. The van der Waals surface area contributed by atoms with Crippen molar-refractivity contribution < 1.29 is 4.79 Å². The summed E-state index contributed by atoms with van der Waals surface area (Å²) in [4.78, 5) is 17.8. The molecule has 0 aliphatic rings. The first-order valence-corrected chi connectivity index (χ1v) is 8.21. The molecule has 2 N–H and O–H groups in total. The van der Waals surface area contributed by atoms with Crippen LogP contribution in [-0.4, -0.2) is 43.4 Å². The molecular formula is C16H25BrN4O. The molecule has 0 bridgehead atoms. The molecule has 0 aromatic heterocycles. The normalized spacial score (nSPS) is 12.7. The third kappa shape index (κ3) is 6.93. The number of nitrogens with one attached hydrogen (secondary N) is 2. The van der Waals surface area contributed by atoms with Gasteiger partial charge < -0.3 is 15.5 Å². The van der Waals surface area contributed by atoms with Crippen LogP contribution in [0.2, 0.25) is 0 Å². The Morgan fingerprint density at radius 2 is 1.95 bits per heavy atom. The second-order valence-electron chi connectivity index (χ2n) is 5.39. The number of likely N-dealkylation sites (N-methyl/N-ethyl adjacent to an activating group) is 1. The largest absolute Gasteiger partial charge is 0.354 e. The Labute approximate surface area is 141 Å². The van der Waals surface area contributed by atoms with Gasteiger partial charge in [-0.05, 0) is 31.0 Å². The van der Waals surface area contributed by atoms with Gasteiger partial charge in [0.15, 0.2) is 5.96 Å². The van der Waals surface area contributed by atoms with Crippen LogP contribution < -0.4 is 10.6 Å². The Bertz CT molecular complexity index is 499. The molecule has 0 spiro atoms. The Morgan fingerprint density at radius 3 is 2.50 bits per heavy atom. The van der Waals surface area contributed by atoms with Crippen molar-refractivity contribution in [3.63, 3.8) is 0 Å². The molecule has 22 heavy (non-hydrogen) atoms. The van der Waals surface area contributed by atoms with Gasteiger partial charge in [0.25, 0.3) is 0 Å². The maximum absolute atomic E-state index is 11.7. The minimum absolute atomic E-state index is 0.0160. The van der Waals surface area contributed by atoms with Crippen LogP contribution >= 0.6 is 15.9 Å². The summed E-state index contributed by atoms with van der Waals surface area (Å²) in [6, 6.07) is 8.34. The van der Waals surface area contributed by atoms with Gasteiger partial charge in [0, 0.05) is 24.6 Å². The standard InChI is InChI=1S/C16H25BrN4O/c1-5-12(2)20-16(19-11-15(22)21(3)4)18-10-13-6-8-14(17)9-7-13/h6-9,12H,5,10-11H2,1-4H3,(H2,18,19,20). The molecule has 5 nitrogen and oxygen atoms in total. The lowest BCUT2D eigenvalue weighted by Gasteiger charge is -2.18. The van der Waals surface area contributed by atoms with Gasteiger partial charge in [-0.1, -0.05) is 35.0 Å². The van der Waals surface area contributed by atoms with E-state index in [1.807, 2.05) is 24.3 Å². The number of carbonyl (C=O) groups is 1. The second-order valence-corrected chi connectivity index (χ2v) is 6.30. The zero-order valence-corrected chi connectivity index (χ0v) is 15.3. The molecule has 122 valence electrons. The fraction of sp³-hybridized carbons (Fsp3) is 0.500. The summed E-state index contributed by atoms with van der Waals surface area (Å²) in [6.07, 6.45) is 0.987. The molecule has 0 saturated heterocycles. The number of nitrogens with zero attached hydrogens (tertiary/aromatic N) is 2. The number of hydrogen-bond donors (Lipinski definition) is 2. The summed E-state index contributed by atoms with van der Waals surface area (Å²) >= 11 is 3.42. The molecule has 1 aromatic carbocycles. The Morgan fingerprint density at radius 1 is 1.32 bits per heavy atom. The quantitative estimate of drug-likeness (QED) is 0.598. The van der Waals surface area contributed by atoms with Crippen LogP contribution in [0.25, 0.3) is 0 Å².